The molecule has 0 unspecified atom stereocenters. The first kappa shape index (κ1) is 13.8. The number of nitrogens with two attached hydrogens (primary N) is 1. The van der Waals surface area contributed by atoms with E-state index < -0.39 is 20.9 Å². The minimum Gasteiger partial charge on any atom is -0.398 e. The maximum Gasteiger partial charge on any atom is 0.296 e. The summed E-state index contributed by atoms with van der Waals surface area (Å²) in [6.07, 6.45) is 0. The third-order valence-corrected chi connectivity index (χ3v) is 3.08. The molecule has 8 heteroatoms. The second-order valence-electron chi connectivity index (χ2n) is 3.21. The third-order valence-electron chi connectivity index (χ3n) is 1.95. The molecular formula is C9H12N2O4S2. The van der Waals surface area contributed by atoms with Crippen molar-refractivity contribution in [3.8, 4) is 0 Å². The summed E-state index contributed by atoms with van der Waals surface area (Å²) < 4.78 is 30.8. The van der Waals surface area contributed by atoms with Crippen LogP contribution in [0.3, 0.4) is 0 Å². The van der Waals surface area contributed by atoms with Crippen molar-refractivity contribution in [2.24, 2.45) is 0 Å². The molecule has 4 N–H and O–H groups in total. The summed E-state index contributed by atoms with van der Waals surface area (Å²) in [5, 5.41) is 2.51. The van der Waals surface area contributed by atoms with E-state index >= 15 is 0 Å². The van der Waals surface area contributed by atoms with Gasteiger partial charge >= 0.3 is 0 Å². The zero-order chi connectivity index (χ0) is 13.1. The summed E-state index contributed by atoms with van der Waals surface area (Å²) in [4.78, 5) is 11.1. The van der Waals surface area contributed by atoms with Crippen LogP contribution < -0.4 is 11.1 Å². The van der Waals surface area contributed by atoms with Crippen molar-refractivity contribution < 1.29 is 17.8 Å². The van der Waals surface area contributed by atoms with Crippen molar-refractivity contribution in [2.75, 3.05) is 18.0 Å². The van der Waals surface area contributed by atoms with E-state index in [4.69, 9.17) is 10.3 Å². The number of rotatable bonds is 4. The summed E-state index contributed by atoms with van der Waals surface area (Å²) in [5.41, 5.74) is 5.39. The van der Waals surface area contributed by atoms with Gasteiger partial charge in [0.1, 0.15) is 4.90 Å². The van der Waals surface area contributed by atoms with Gasteiger partial charge in [-0.05, 0) is 18.2 Å². The van der Waals surface area contributed by atoms with Gasteiger partial charge in [0.25, 0.3) is 16.0 Å². The summed E-state index contributed by atoms with van der Waals surface area (Å²) in [7, 11) is -4.43. The van der Waals surface area contributed by atoms with Crippen molar-refractivity contribution in [3.63, 3.8) is 0 Å². The summed E-state index contributed by atoms with van der Waals surface area (Å²) in [6, 6.07) is 3.65. The first-order valence-corrected chi connectivity index (χ1v) is 6.69. The molecule has 0 aliphatic rings. The lowest BCUT2D eigenvalue weighted by Gasteiger charge is -2.06. The second kappa shape index (κ2) is 5.39. The summed E-state index contributed by atoms with van der Waals surface area (Å²) >= 11 is 3.92. The lowest BCUT2D eigenvalue weighted by atomic mass is 10.2. The predicted molar refractivity (Wildman–Crippen MR) is 66.9 cm³/mol. The van der Waals surface area contributed by atoms with Crippen LogP contribution in [0, 0.1) is 0 Å². The van der Waals surface area contributed by atoms with Crippen LogP contribution in [-0.2, 0) is 10.1 Å². The molecule has 17 heavy (non-hydrogen) atoms. The van der Waals surface area contributed by atoms with Crippen LogP contribution in [-0.4, -0.2) is 31.2 Å². The molecule has 94 valence electrons. The predicted octanol–water partition coefficient (Wildman–Crippen LogP) is 0.175. The molecule has 0 heterocycles. The minimum absolute atomic E-state index is 0.105. The van der Waals surface area contributed by atoms with E-state index in [1.807, 2.05) is 0 Å². The number of carbonyl (C=O) groups excluding carboxylic acids is 1. The Kier molecular flexibility index (Phi) is 4.38. The number of nitrogen functional groups attached to an aromatic ring is 1. The first-order valence-electron chi connectivity index (χ1n) is 4.62. The highest BCUT2D eigenvalue weighted by atomic mass is 32.2. The van der Waals surface area contributed by atoms with Crippen molar-refractivity contribution in [1.29, 1.82) is 0 Å². The molecule has 0 saturated heterocycles. The van der Waals surface area contributed by atoms with Crippen LogP contribution in [0.5, 0.6) is 0 Å². The number of hydrogen-bond acceptors (Lipinski definition) is 5. The van der Waals surface area contributed by atoms with Gasteiger partial charge in [-0.2, -0.15) is 21.0 Å². The van der Waals surface area contributed by atoms with Crippen LogP contribution in [0.25, 0.3) is 0 Å². The van der Waals surface area contributed by atoms with Gasteiger partial charge in [0.05, 0.1) is 5.69 Å². The Hall–Kier alpha value is -1.25. The fraction of sp³-hybridized carbons (Fsp3) is 0.222. The molecule has 1 aromatic carbocycles. The van der Waals surface area contributed by atoms with E-state index in [1.54, 1.807) is 0 Å². The van der Waals surface area contributed by atoms with E-state index in [1.165, 1.54) is 12.1 Å². The fourth-order valence-electron chi connectivity index (χ4n) is 1.17. The SMILES string of the molecule is Nc1ccc(C(=O)NCCS)cc1S(=O)(=O)O. The summed E-state index contributed by atoms with van der Waals surface area (Å²) in [5.74, 6) is 0.00948. The number of anilines is 1. The maximum absolute atomic E-state index is 11.5. The zero-order valence-electron chi connectivity index (χ0n) is 8.75. The number of nitrogens with one attached hydrogen (secondary N) is 1. The van der Waals surface area contributed by atoms with Gasteiger partial charge in [0.15, 0.2) is 0 Å². The molecule has 0 radical (unpaired) electrons. The normalized spacial score (nSPS) is 11.2. The van der Waals surface area contributed by atoms with Gasteiger partial charge in [-0.1, -0.05) is 0 Å². The Bertz CT molecular complexity index is 528. The average molecular weight is 276 g/mol. The standard InChI is InChI=1S/C9H12N2O4S2/c10-7-2-1-6(9(12)11-3-4-16)5-8(7)17(13,14)15/h1-2,5,16H,3-4,10H2,(H,11,12)(H,13,14,15). The van der Waals surface area contributed by atoms with E-state index in [-0.39, 0.29) is 11.3 Å². The Labute approximate surface area is 104 Å². The Morgan fingerprint density at radius 3 is 2.65 bits per heavy atom. The van der Waals surface area contributed by atoms with Crippen molar-refractivity contribution in [1.82, 2.24) is 5.32 Å². The number of amides is 1. The first-order chi connectivity index (χ1) is 7.86. The molecule has 6 nitrogen and oxygen atoms in total. The van der Waals surface area contributed by atoms with E-state index in [0.29, 0.717) is 12.3 Å². The van der Waals surface area contributed by atoms with Crippen LogP contribution in [0.2, 0.25) is 0 Å². The van der Waals surface area contributed by atoms with E-state index in [9.17, 15) is 13.2 Å². The molecule has 0 spiro atoms. The minimum atomic E-state index is -4.43. The molecule has 1 rings (SSSR count). The number of thiol groups is 1. The average Bonchev–Trinajstić information content (AvgIpc) is 2.25. The molecule has 0 bridgehead atoms. The van der Waals surface area contributed by atoms with Crippen LogP contribution in [0.15, 0.2) is 23.1 Å². The van der Waals surface area contributed by atoms with Gasteiger partial charge in [0, 0.05) is 17.9 Å². The van der Waals surface area contributed by atoms with Gasteiger partial charge in [-0.15, -0.1) is 0 Å². The Morgan fingerprint density at radius 1 is 1.47 bits per heavy atom. The number of hydrogen-bond donors (Lipinski definition) is 4. The molecule has 0 atom stereocenters. The van der Waals surface area contributed by atoms with Crippen molar-refractivity contribution in [2.45, 2.75) is 4.90 Å². The third kappa shape index (κ3) is 3.62. The van der Waals surface area contributed by atoms with E-state index in [0.717, 1.165) is 6.07 Å². The van der Waals surface area contributed by atoms with Crippen molar-refractivity contribution in [3.05, 3.63) is 23.8 Å². The Balaban J connectivity index is 3.09. The number of benzene rings is 1. The molecule has 0 aromatic heterocycles. The molecule has 1 amide bonds. The quantitative estimate of drug-likeness (QED) is 0.356. The monoisotopic (exact) mass is 276 g/mol. The Morgan fingerprint density at radius 2 is 2.12 bits per heavy atom. The van der Waals surface area contributed by atoms with E-state index in [2.05, 4.69) is 17.9 Å². The van der Waals surface area contributed by atoms with Crippen LogP contribution >= 0.6 is 12.6 Å². The molecule has 0 fully saturated rings. The van der Waals surface area contributed by atoms with Crippen LogP contribution in [0.4, 0.5) is 5.69 Å². The molecule has 0 aliphatic carbocycles. The van der Waals surface area contributed by atoms with Crippen LogP contribution in [0.1, 0.15) is 10.4 Å². The molecule has 1 aromatic rings. The second-order valence-corrected chi connectivity index (χ2v) is 5.04. The molecule has 0 aliphatic heterocycles. The van der Waals surface area contributed by atoms with Gasteiger partial charge in [-0.25, -0.2) is 0 Å². The largest absolute Gasteiger partial charge is 0.398 e. The number of carbonyl (C=O) groups is 1. The van der Waals surface area contributed by atoms with Gasteiger partial charge in [0.2, 0.25) is 0 Å². The van der Waals surface area contributed by atoms with Gasteiger partial charge < -0.3 is 11.1 Å². The lowest BCUT2D eigenvalue weighted by Crippen LogP contribution is -2.25. The molecular weight excluding hydrogens is 264 g/mol. The highest BCUT2D eigenvalue weighted by molar-refractivity contribution is 7.86. The highest BCUT2D eigenvalue weighted by Crippen LogP contribution is 2.19. The van der Waals surface area contributed by atoms with Crippen molar-refractivity contribution >= 4 is 34.3 Å². The molecule has 0 saturated carbocycles. The zero-order valence-corrected chi connectivity index (χ0v) is 10.5. The summed E-state index contributed by atoms with van der Waals surface area (Å²) in [6.45, 7) is 0.355. The lowest BCUT2D eigenvalue weighted by molar-refractivity contribution is 0.0956. The topological polar surface area (TPSA) is 109 Å². The smallest absolute Gasteiger partial charge is 0.296 e. The maximum atomic E-state index is 11.5. The highest BCUT2D eigenvalue weighted by Gasteiger charge is 2.16. The fourth-order valence-corrected chi connectivity index (χ4v) is 1.92. The van der Waals surface area contributed by atoms with Gasteiger partial charge in [-0.3, -0.25) is 9.35 Å².